The Bertz CT molecular complexity index is 668. The van der Waals surface area contributed by atoms with Gasteiger partial charge in [0.2, 0.25) is 0 Å². The van der Waals surface area contributed by atoms with Crippen molar-refractivity contribution in [1.82, 2.24) is 0 Å². The molecule has 0 radical (unpaired) electrons. The molecular formula is C20H27N2O2+. The molecule has 0 spiro atoms. The van der Waals surface area contributed by atoms with Crippen LogP contribution in [0.15, 0.2) is 48.5 Å². The van der Waals surface area contributed by atoms with Crippen molar-refractivity contribution in [2.24, 2.45) is 0 Å². The zero-order valence-electron chi connectivity index (χ0n) is 14.9. The molecule has 3 N–H and O–H groups in total. The molecule has 2 rings (SSSR count). The molecule has 0 aliphatic carbocycles. The normalized spacial score (nSPS) is 13.2. The summed E-state index contributed by atoms with van der Waals surface area (Å²) in [5.74, 6) is 0.867. The van der Waals surface area contributed by atoms with Crippen LogP contribution >= 0.6 is 0 Å². The lowest BCUT2D eigenvalue weighted by atomic mass is 10.0. The van der Waals surface area contributed by atoms with Gasteiger partial charge in [-0.1, -0.05) is 19.1 Å². The first-order valence-corrected chi connectivity index (χ1v) is 8.40. The SMILES string of the molecule is CC[C@H]([NH2+][C@H](C)C(=O)Nc1cccc(C)c1)c1ccc(OC)cc1. The molecular weight excluding hydrogens is 300 g/mol. The fraction of sp³-hybridized carbons (Fsp3) is 0.350. The lowest BCUT2D eigenvalue weighted by Crippen LogP contribution is -2.92. The van der Waals surface area contributed by atoms with Gasteiger partial charge >= 0.3 is 0 Å². The van der Waals surface area contributed by atoms with E-state index in [1.54, 1.807) is 7.11 Å². The molecule has 0 heterocycles. The van der Waals surface area contributed by atoms with Gasteiger partial charge in [-0.25, -0.2) is 0 Å². The van der Waals surface area contributed by atoms with Crippen molar-refractivity contribution in [2.45, 2.75) is 39.3 Å². The summed E-state index contributed by atoms with van der Waals surface area (Å²) < 4.78 is 5.20. The molecule has 0 saturated heterocycles. The number of amides is 1. The molecule has 0 fully saturated rings. The third-order valence-corrected chi connectivity index (χ3v) is 4.20. The summed E-state index contributed by atoms with van der Waals surface area (Å²) in [6.45, 7) is 6.09. The number of rotatable bonds is 7. The molecule has 4 nitrogen and oxygen atoms in total. The zero-order valence-corrected chi connectivity index (χ0v) is 14.9. The third-order valence-electron chi connectivity index (χ3n) is 4.20. The van der Waals surface area contributed by atoms with E-state index in [0.717, 1.165) is 23.4 Å². The maximum absolute atomic E-state index is 12.4. The quantitative estimate of drug-likeness (QED) is 0.821. The van der Waals surface area contributed by atoms with Gasteiger partial charge in [0.05, 0.1) is 7.11 Å². The molecule has 0 aliphatic rings. The number of quaternary nitrogens is 1. The van der Waals surface area contributed by atoms with E-state index in [1.165, 1.54) is 5.56 Å². The van der Waals surface area contributed by atoms with Crippen LogP contribution in [0.2, 0.25) is 0 Å². The molecule has 128 valence electrons. The summed E-state index contributed by atoms with van der Waals surface area (Å²) >= 11 is 0. The second-order valence-electron chi connectivity index (χ2n) is 6.13. The van der Waals surface area contributed by atoms with Crippen molar-refractivity contribution < 1.29 is 14.8 Å². The summed E-state index contributed by atoms with van der Waals surface area (Å²) in [5, 5.41) is 5.11. The number of anilines is 1. The third kappa shape index (κ3) is 4.83. The topological polar surface area (TPSA) is 54.9 Å². The fourth-order valence-corrected chi connectivity index (χ4v) is 2.75. The molecule has 0 aromatic heterocycles. The Labute approximate surface area is 144 Å². The average Bonchev–Trinajstić information content (AvgIpc) is 2.59. The van der Waals surface area contributed by atoms with Crippen molar-refractivity contribution in [3.05, 3.63) is 59.7 Å². The minimum atomic E-state index is -0.169. The van der Waals surface area contributed by atoms with Crippen LogP contribution in [-0.2, 0) is 4.79 Å². The van der Waals surface area contributed by atoms with Gasteiger partial charge in [0, 0.05) is 17.7 Å². The van der Waals surface area contributed by atoms with Gasteiger partial charge in [-0.05, 0) is 55.8 Å². The van der Waals surface area contributed by atoms with Gasteiger partial charge in [0.1, 0.15) is 11.8 Å². The van der Waals surface area contributed by atoms with Crippen molar-refractivity contribution in [3.63, 3.8) is 0 Å². The molecule has 2 aromatic rings. The first-order chi connectivity index (χ1) is 11.5. The average molecular weight is 327 g/mol. The second-order valence-corrected chi connectivity index (χ2v) is 6.13. The standard InChI is InChI=1S/C20H26N2O2/c1-5-19(16-9-11-18(24-4)12-10-16)21-15(3)20(23)22-17-8-6-7-14(2)13-17/h6-13,15,19,21H,5H2,1-4H3,(H,22,23)/p+1/t15-,19+/m1/s1. The van der Waals surface area contributed by atoms with Gasteiger partial charge < -0.3 is 15.4 Å². The van der Waals surface area contributed by atoms with Gasteiger partial charge in [-0.3, -0.25) is 4.79 Å². The second kappa shape index (κ2) is 8.50. The van der Waals surface area contributed by atoms with Crippen LogP contribution in [0.25, 0.3) is 0 Å². The first-order valence-electron chi connectivity index (χ1n) is 8.40. The number of benzene rings is 2. The van der Waals surface area contributed by atoms with Gasteiger partial charge in [-0.2, -0.15) is 0 Å². The number of methoxy groups -OCH3 is 1. The van der Waals surface area contributed by atoms with E-state index in [2.05, 4.69) is 29.7 Å². The van der Waals surface area contributed by atoms with E-state index in [4.69, 9.17) is 4.74 Å². The molecule has 4 heteroatoms. The molecule has 1 amide bonds. The summed E-state index contributed by atoms with van der Waals surface area (Å²) in [5.41, 5.74) is 3.18. The minimum absolute atomic E-state index is 0.0209. The van der Waals surface area contributed by atoms with E-state index < -0.39 is 0 Å². The van der Waals surface area contributed by atoms with E-state index in [-0.39, 0.29) is 18.0 Å². The number of nitrogens with two attached hydrogens (primary N) is 1. The maximum atomic E-state index is 12.4. The predicted octanol–water partition coefficient (Wildman–Crippen LogP) is 3.05. The molecule has 0 saturated carbocycles. The fourth-order valence-electron chi connectivity index (χ4n) is 2.75. The number of carbonyl (C=O) groups is 1. The van der Waals surface area contributed by atoms with E-state index in [0.29, 0.717) is 0 Å². The molecule has 24 heavy (non-hydrogen) atoms. The number of nitrogens with one attached hydrogen (secondary N) is 1. The Morgan fingerprint density at radius 3 is 2.50 bits per heavy atom. The Balaban J connectivity index is 1.99. The maximum Gasteiger partial charge on any atom is 0.282 e. The highest BCUT2D eigenvalue weighted by Gasteiger charge is 2.22. The highest BCUT2D eigenvalue weighted by Crippen LogP contribution is 2.17. The summed E-state index contributed by atoms with van der Waals surface area (Å²) in [6, 6.07) is 16.0. The lowest BCUT2D eigenvalue weighted by Gasteiger charge is -2.19. The summed E-state index contributed by atoms with van der Waals surface area (Å²) in [6.07, 6.45) is 0.953. The van der Waals surface area contributed by atoms with Crippen molar-refractivity contribution >= 4 is 11.6 Å². The van der Waals surface area contributed by atoms with E-state index >= 15 is 0 Å². The molecule has 2 aromatic carbocycles. The van der Waals surface area contributed by atoms with Gasteiger partial charge in [0.15, 0.2) is 6.04 Å². The molecule has 0 bridgehead atoms. The van der Waals surface area contributed by atoms with Crippen LogP contribution < -0.4 is 15.4 Å². The van der Waals surface area contributed by atoms with Crippen LogP contribution in [0.1, 0.15) is 37.4 Å². The number of carbonyl (C=O) groups excluding carboxylic acids is 1. The van der Waals surface area contributed by atoms with Crippen molar-refractivity contribution in [3.8, 4) is 5.75 Å². The number of hydrogen-bond donors (Lipinski definition) is 2. The van der Waals surface area contributed by atoms with Gasteiger partial charge in [-0.15, -0.1) is 0 Å². The number of ether oxygens (including phenoxy) is 1. The van der Waals surface area contributed by atoms with Crippen molar-refractivity contribution in [1.29, 1.82) is 0 Å². The Hall–Kier alpha value is -2.33. The molecule has 0 unspecified atom stereocenters. The summed E-state index contributed by atoms with van der Waals surface area (Å²) in [4.78, 5) is 12.4. The number of aryl methyl sites for hydroxylation is 1. The number of hydrogen-bond acceptors (Lipinski definition) is 2. The predicted molar refractivity (Wildman–Crippen MR) is 97.2 cm³/mol. The van der Waals surface area contributed by atoms with Crippen LogP contribution in [0.4, 0.5) is 5.69 Å². The van der Waals surface area contributed by atoms with Crippen LogP contribution in [0.3, 0.4) is 0 Å². The minimum Gasteiger partial charge on any atom is -0.497 e. The van der Waals surface area contributed by atoms with Crippen LogP contribution in [0.5, 0.6) is 5.75 Å². The Kier molecular flexibility index (Phi) is 6.38. The van der Waals surface area contributed by atoms with Crippen molar-refractivity contribution in [2.75, 3.05) is 12.4 Å². The van der Waals surface area contributed by atoms with E-state index in [1.807, 2.05) is 50.2 Å². The van der Waals surface area contributed by atoms with Crippen LogP contribution in [-0.4, -0.2) is 19.1 Å². The first kappa shape index (κ1) is 18.0. The largest absolute Gasteiger partial charge is 0.497 e. The summed E-state index contributed by atoms with van der Waals surface area (Å²) in [7, 11) is 1.66. The highest BCUT2D eigenvalue weighted by atomic mass is 16.5. The molecule has 0 aliphatic heterocycles. The Morgan fingerprint density at radius 1 is 1.21 bits per heavy atom. The monoisotopic (exact) mass is 327 g/mol. The smallest absolute Gasteiger partial charge is 0.282 e. The Morgan fingerprint density at radius 2 is 1.92 bits per heavy atom. The van der Waals surface area contributed by atoms with Crippen LogP contribution in [0, 0.1) is 6.92 Å². The lowest BCUT2D eigenvalue weighted by molar-refractivity contribution is -0.713. The molecule has 2 atom stereocenters. The van der Waals surface area contributed by atoms with Gasteiger partial charge in [0.25, 0.3) is 5.91 Å². The zero-order chi connectivity index (χ0) is 17.5. The highest BCUT2D eigenvalue weighted by molar-refractivity contribution is 5.93. The van der Waals surface area contributed by atoms with E-state index in [9.17, 15) is 4.79 Å².